The Morgan fingerprint density at radius 2 is 2.29 bits per heavy atom. The average molecular weight is 234 g/mol. The van der Waals surface area contributed by atoms with Crippen LogP contribution >= 0.6 is 0 Å². The molecule has 1 amide bonds. The summed E-state index contributed by atoms with van der Waals surface area (Å²) in [5, 5.41) is 2.65. The number of anilines is 1. The van der Waals surface area contributed by atoms with Gasteiger partial charge in [-0.05, 0) is 43.4 Å². The zero-order valence-corrected chi connectivity index (χ0v) is 10.0. The zero-order valence-electron chi connectivity index (χ0n) is 10.0. The van der Waals surface area contributed by atoms with Gasteiger partial charge in [0.15, 0.2) is 0 Å². The lowest BCUT2D eigenvalue weighted by atomic mass is 10.0. The topological polar surface area (TPSA) is 64.3 Å². The molecule has 0 spiro atoms. The van der Waals surface area contributed by atoms with Crippen LogP contribution in [0, 0.1) is 0 Å². The predicted octanol–water partition coefficient (Wildman–Crippen LogP) is 2.29. The van der Waals surface area contributed by atoms with Gasteiger partial charge >= 0.3 is 6.09 Å². The van der Waals surface area contributed by atoms with Gasteiger partial charge in [0.1, 0.15) is 0 Å². The van der Waals surface area contributed by atoms with Crippen LogP contribution in [0.3, 0.4) is 0 Å². The molecule has 2 rings (SSSR count). The quantitative estimate of drug-likeness (QED) is 0.840. The Kier molecular flexibility index (Phi) is 3.33. The first-order chi connectivity index (χ1) is 8.11. The second-order valence-corrected chi connectivity index (χ2v) is 4.68. The number of carbonyl (C=O) groups excluding carboxylic acids is 1. The molecule has 0 aromatic heterocycles. The van der Waals surface area contributed by atoms with Gasteiger partial charge in [-0.3, -0.25) is 5.32 Å². The number of nitrogens with two attached hydrogens (primary N) is 1. The number of methoxy groups -OCH3 is 1. The summed E-state index contributed by atoms with van der Waals surface area (Å²) >= 11 is 0. The first-order valence-corrected chi connectivity index (χ1v) is 5.84. The molecule has 1 fully saturated rings. The predicted molar refractivity (Wildman–Crippen MR) is 66.9 cm³/mol. The Morgan fingerprint density at radius 3 is 2.94 bits per heavy atom. The van der Waals surface area contributed by atoms with E-state index < -0.39 is 6.09 Å². The Morgan fingerprint density at radius 1 is 1.53 bits per heavy atom. The molecule has 17 heavy (non-hydrogen) atoms. The number of ether oxygens (including phenoxy) is 1. The largest absolute Gasteiger partial charge is 0.453 e. The zero-order chi connectivity index (χ0) is 12.3. The Bertz CT molecular complexity index is 414. The normalized spacial score (nSPS) is 16.4. The van der Waals surface area contributed by atoms with Gasteiger partial charge in [-0.2, -0.15) is 0 Å². The third-order valence-electron chi connectivity index (χ3n) is 3.16. The molecule has 4 heteroatoms. The maximum atomic E-state index is 11.1. The number of nitrogens with one attached hydrogen (secondary N) is 1. The maximum absolute atomic E-state index is 11.1. The van der Waals surface area contributed by atoms with Crippen molar-refractivity contribution in [3.05, 3.63) is 29.8 Å². The second-order valence-electron chi connectivity index (χ2n) is 4.68. The number of rotatable bonds is 4. The van der Waals surface area contributed by atoms with E-state index in [1.165, 1.54) is 12.7 Å². The van der Waals surface area contributed by atoms with Crippen LogP contribution in [-0.2, 0) is 11.2 Å². The first kappa shape index (κ1) is 11.9. The fourth-order valence-electron chi connectivity index (χ4n) is 1.78. The van der Waals surface area contributed by atoms with Gasteiger partial charge in [0.25, 0.3) is 0 Å². The molecular weight excluding hydrogens is 216 g/mol. The van der Waals surface area contributed by atoms with Crippen LogP contribution in [0.15, 0.2) is 24.3 Å². The van der Waals surface area contributed by atoms with Gasteiger partial charge in [-0.15, -0.1) is 0 Å². The highest BCUT2D eigenvalue weighted by atomic mass is 16.5. The lowest BCUT2D eigenvalue weighted by molar-refractivity contribution is 0.187. The molecule has 0 heterocycles. The third kappa shape index (κ3) is 3.46. The SMILES string of the molecule is COC(=O)Nc1cccc(CCC2(N)CC2)c1. The number of aryl methyl sites for hydroxylation is 1. The van der Waals surface area contributed by atoms with Gasteiger partial charge in [0, 0.05) is 11.2 Å². The number of hydrogen-bond acceptors (Lipinski definition) is 3. The minimum atomic E-state index is -0.445. The van der Waals surface area contributed by atoms with Crippen LogP contribution in [-0.4, -0.2) is 18.7 Å². The number of carbonyl (C=O) groups is 1. The van der Waals surface area contributed by atoms with Gasteiger partial charge in [-0.25, -0.2) is 4.79 Å². The van der Waals surface area contributed by atoms with Crippen LogP contribution in [0.25, 0.3) is 0 Å². The van der Waals surface area contributed by atoms with Crippen molar-refractivity contribution < 1.29 is 9.53 Å². The van der Waals surface area contributed by atoms with Gasteiger partial charge in [0.2, 0.25) is 0 Å². The molecule has 0 bridgehead atoms. The Hall–Kier alpha value is -1.55. The van der Waals surface area contributed by atoms with Crippen molar-refractivity contribution in [2.75, 3.05) is 12.4 Å². The average Bonchev–Trinajstić information content (AvgIpc) is 3.06. The van der Waals surface area contributed by atoms with Crippen molar-refractivity contribution in [3.8, 4) is 0 Å². The molecule has 0 unspecified atom stereocenters. The highest BCUT2D eigenvalue weighted by Gasteiger charge is 2.37. The van der Waals surface area contributed by atoms with Crippen molar-refractivity contribution in [1.82, 2.24) is 0 Å². The van der Waals surface area contributed by atoms with Crippen molar-refractivity contribution in [2.24, 2.45) is 5.73 Å². The summed E-state index contributed by atoms with van der Waals surface area (Å²) in [6, 6.07) is 7.78. The summed E-state index contributed by atoms with van der Waals surface area (Å²) in [6.45, 7) is 0. The number of amides is 1. The fourth-order valence-corrected chi connectivity index (χ4v) is 1.78. The third-order valence-corrected chi connectivity index (χ3v) is 3.16. The number of benzene rings is 1. The summed E-state index contributed by atoms with van der Waals surface area (Å²) in [5.74, 6) is 0. The molecule has 92 valence electrons. The molecule has 1 aliphatic rings. The molecule has 1 aromatic rings. The first-order valence-electron chi connectivity index (χ1n) is 5.84. The second kappa shape index (κ2) is 4.75. The van der Waals surface area contributed by atoms with E-state index >= 15 is 0 Å². The van der Waals surface area contributed by atoms with Crippen molar-refractivity contribution in [2.45, 2.75) is 31.2 Å². The van der Waals surface area contributed by atoms with Gasteiger partial charge in [-0.1, -0.05) is 12.1 Å². The number of hydrogen-bond donors (Lipinski definition) is 2. The van der Waals surface area contributed by atoms with E-state index in [1.807, 2.05) is 24.3 Å². The van der Waals surface area contributed by atoms with E-state index in [4.69, 9.17) is 5.73 Å². The Balaban J connectivity index is 1.93. The molecular formula is C13H18N2O2. The fraction of sp³-hybridized carbons (Fsp3) is 0.462. The van der Waals surface area contributed by atoms with Crippen LogP contribution < -0.4 is 11.1 Å². The summed E-state index contributed by atoms with van der Waals surface area (Å²) in [6.07, 6.45) is 3.78. The molecule has 0 radical (unpaired) electrons. The van der Waals surface area contributed by atoms with Crippen molar-refractivity contribution in [3.63, 3.8) is 0 Å². The van der Waals surface area contributed by atoms with E-state index in [0.29, 0.717) is 0 Å². The summed E-state index contributed by atoms with van der Waals surface area (Å²) in [4.78, 5) is 11.1. The van der Waals surface area contributed by atoms with E-state index in [0.717, 1.165) is 31.4 Å². The lowest BCUT2D eigenvalue weighted by Crippen LogP contribution is -2.22. The Labute approximate surface area is 101 Å². The van der Waals surface area contributed by atoms with Crippen LogP contribution in [0.2, 0.25) is 0 Å². The molecule has 1 aliphatic carbocycles. The molecule has 1 aromatic carbocycles. The maximum Gasteiger partial charge on any atom is 0.411 e. The van der Waals surface area contributed by atoms with Crippen LogP contribution in [0.1, 0.15) is 24.8 Å². The standard InChI is InChI=1S/C13H18N2O2/c1-17-12(16)15-11-4-2-3-10(9-11)5-6-13(14)7-8-13/h2-4,9H,5-8,14H2,1H3,(H,15,16). The van der Waals surface area contributed by atoms with Gasteiger partial charge in [0.05, 0.1) is 7.11 Å². The molecule has 0 atom stereocenters. The molecule has 3 N–H and O–H groups in total. The lowest BCUT2D eigenvalue weighted by Gasteiger charge is -2.09. The van der Waals surface area contributed by atoms with E-state index in [2.05, 4.69) is 10.1 Å². The summed E-state index contributed by atoms with van der Waals surface area (Å²) < 4.78 is 4.55. The highest BCUT2D eigenvalue weighted by Crippen LogP contribution is 2.36. The van der Waals surface area contributed by atoms with Crippen LogP contribution in [0.4, 0.5) is 10.5 Å². The van der Waals surface area contributed by atoms with E-state index in [1.54, 1.807) is 0 Å². The van der Waals surface area contributed by atoms with E-state index in [9.17, 15) is 4.79 Å². The monoisotopic (exact) mass is 234 g/mol. The summed E-state index contributed by atoms with van der Waals surface area (Å²) in [5.41, 5.74) is 8.07. The van der Waals surface area contributed by atoms with Crippen molar-refractivity contribution >= 4 is 11.8 Å². The minimum absolute atomic E-state index is 0.0752. The van der Waals surface area contributed by atoms with Crippen molar-refractivity contribution in [1.29, 1.82) is 0 Å². The molecule has 0 saturated heterocycles. The summed E-state index contributed by atoms with van der Waals surface area (Å²) in [7, 11) is 1.35. The molecule has 0 aliphatic heterocycles. The van der Waals surface area contributed by atoms with E-state index in [-0.39, 0.29) is 5.54 Å². The molecule has 4 nitrogen and oxygen atoms in total. The van der Waals surface area contributed by atoms with Gasteiger partial charge < -0.3 is 10.5 Å². The highest BCUT2D eigenvalue weighted by molar-refractivity contribution is 5.84. The smallest absolute Gasteiger partial charge is 0.411 e. The minimum Gasteiger partial charge on any atom is -0.453 e. The molecule has 1 saturated carbocycles. The van der Waals surface area contributed by atoms with Crippen LogP contribution in [0.5, 0.6) is 0 Å².